The summed E-state index contributed by atoms with van der Waals surface area (Å²) < 4.78 is 12.5. The molecule has 0 aliphatic rings. The first kappa shape index (κ1) is 30.8. The molecule has 1 N–H and O–H groups in total. The number of carbonyl (C=O) groups is 1. The van der Waals surface area contributed by atoms with Gasteiger partial charge in [-0.1, -0.05) is 84.9 Å². The number of aliphatic hydroxyl groups excluding tert-OH is 1. The average Bonchev–Trinajstić information content (AvgIpc) is 2.76. The Bertz CT molecular complexity index is 751. The van der Waals surface area contributed by atoms with Crippen molar-refractivity contribution in [2.24, 2.45) is 17.3 Å². The predicted molar refractivity (Wildman–Crippen MR) is 145 cm³/mol. The molecule has 1 aromatic rings. The van der Waals surface area contributed by atoms with Crippen molar-refractivity contribution in [2.75, 3.05) is 6.61 Å². The molecule has 4 nitrogen and oxygen atoms in total. The summed E-state index contributed by atoms with van der Waals surface area (Å²) in [6.07, 6.45) is 3.16. The molecule has 0 spiro atoms. The molecule has 0 saturated carbocycles. The van der Waals surface area contributed by atoms with E-state index in [4.69, 9.17) is 9.16 Å². The molecule has 0 saturated heterocycles. The second kappa shape index (κ2) is 13.2. The van der Waals surface area contributed by atoms with Gasteiger partial charge in [0.05, 0.1) is 18.8 Å². The third kappa shape index (κ3) is 8.74. The van der Waals surface area contributed by atoms with E-state index in [-0.39, 0.29) is 22.8 Å². The Morgan fingerprint density at radius 3 is 2.24 bits per heavy atom. The van der Waals surface area contributed by atoms with E-state index in [2.05, 4.69) is 52.6 Å². The minimum absolute atomic E-state index is 0.00855. The Labute approximate surface area is 210 Å². The standard InChI is InChI=1S/C29H50O4Si/c1-11-16-25(33-34(9,10)28(4,5)6)29(7,8)27(31)23(3)26(30)22(2)17-15-20-32-21-24-18-13-12-14-19-24/h11-14,18-19,22-23,25-26,30H,1,15-17,20-21H2,2-10H3/t22-,23+,25-,26-/m0/s1. The fourth-order valence-electron chi connectivity index (χ4n) is 4.01. The second-order valence-corrected chi connectivity index (χ2v) is 16.7. The number of aliphatic hydroxyl groups is 1. The molecule has 1 aromatic carbocycles. The first-order chi connectivity index (χ1) is 15.6. The van der Waals surface area contributed by atoms with E-state index in [1.807, 2.05) is 52.0 Å². The second-order valence-electron chi connectivity index (χ2n) is 11.9. The molecule has 0 heterocycles. The molecular formula is C29H50O4Si. The normalized spacial score (nSPS) is 16.5. The van der Waals surface area contributed by atoms with Crippen LogP contribution >= 0.6 is 0 Å². The van der Waals surface area contributed by atoms with Crippen molar-refractivity contribution in [3.05, 3.63) is 48.6 Å². The zero-order valence-corrected chi connectivity index (χ0v) is 24.2. The minimum Gasteiger partial charge on any atom is -0.413 e. The lowest BCUT2D eigenvalue weighted by atomic mass is 9.73. The van der Waals surface area contributed by atoms with Crippen LogP contribution in [-0.4, -0.2) is 38.0 Å². The number of ketones is 1. The Hall–Kier alpha value is -1.27. The maximum Gasteiger partial charge on any atom is 0.192 e. The first-order valence-corrected chi connectivity index (χ1v) is 15.7. The predicted octanol–water partition coefficient (Wildman–Crippen LogP) is 7.18. The highest BCUT2D eigenvalue weighted by molar-refractivity contribution is 6.74. The molecule has 0 bridgehead atoms. The van der Waals surface area contributed by atoms with Crippen LogP contribution in [-0.2, 0) is 20.6 Å². The molecule has 194 valence electrons. The lowest BCUT2D eigenvalue weighted by molar-refractivity contribution is -0.140. The minimum atomic E-state index is -2.07. The fourth-order valence-corrected chi connectivity index (χ4v) is 5.47. The molecular weight excluding hydrogens is 440 g/mol. The van der Waals surface area contributed by atoms with Gasteiger partial charge in [-0.15, -0.1) is 6.58 Å². The maximum absolute atomic E-state index is 13.6. The van der Waals surface area contributed by atoms with Crippen LogP contribution in [0, 0.1) is 17.3 Å². The van der Waals surface area contributed by atoms with Crippen LogP contribution < -0.4 is 0 Å². The molecule has 0 aromatic heterocycles. The highest BCUT2D eigenvalue weighted by atomic mass is 28.4. The lowest BCUT2D eigenvalue weighted by Gasteiger charge is -2.44. The summed E-state index contributed by atoms with van der Waals surface area (Å²) in [6, 6.07) is 10.1. The largest absolute Gasteiger partial charge is 0.413 e. The van der Waals surface area contributed by atoms with Crippen molar-refractivity contribution in [1.82, 2.24) is 0 Å². The van der Waals surface area contributed by atoms with Gasteiger partial charge in [0.25, 0.3) is 0 Å². The Morgan fingerprint density at radius 2 is 1.71 bits per heavy atom. The Morgan fingerprint density at radius 1 is 1.12 bits per heavy atom. The lowest BCUT2D eigenvalue weighted by Crippen LogP contribution is -2.52. The van der Waals surface area contributed by atoms with Crippen molar-refractivity contribution in [3.8, 4) is 0 Å². The van der Waals surface area contributed by atoms with Gasteiger partial charge in [0.1, 0.15) is 5.78 Å². The molecule has 5 heteroatoms. The molecule has 34 heavy (non-hydrogen) atoms. The van der Waals surface area contributed by atoms with Gasteiger partial charge in [0.15, 0.2) is 8.32 Å². The highest BCUT2D eigenvalue weighted by Gasteiger charge is 2.46. The van der Waals surface area contributed by atoms with E-state index in [9.17, 15) is 9.90 Å². The molecule has 4 atom stereocenters. The summed E-state index contributed by atoms with van der Waals surface area (Å²) in [6.45, 7) is 24.0. The molecule has 0 unspecified atom stereocenters. The van der Waals surface area contributed by atoms with Crippen LogP contribution in [0.5, 0.6) is 0 Å². The van der Waals surface area contributed by atoms with Crippen LogP contribution in [0.1, 0.15) is 73.3 Å². The van der Waals surface area contributed by atoms with E-state index in [0.717, 1.165) is 18.4 Å². The van der Waals surface area contributed by atoms with Gasteiger partial charge in [-0.05, 0) is 48.9 Å². The number of benzene rings is 1. The highest BCUT2D eigenvalue weighted by Crippen LogP contribution is 2.41. The summed E-state index contributed by atoms with van der Waals surface area (Å²) in [5.41, 5.74) is 0.439. The summed E-state index contributed by atoms with van der Waals surface area (Å²) in [5, 5.41) is 11.1. The Balaban J connectivity index is 2.70. The zero-order valence-electron chi connectivity index (χ0n) is 23.2. The number of hydrogen-bond acceptors (Lipinski definition) is 4. The Kier molecular flexibility index (Phi) is 11.9. The van der Waals surface area contributed by atoms with E-state index in [0.29, 0.717) is 19.6 Å². The number of rotatable bonds is 15. The van der Waals surface area contributed by atoms with Crippen molar-refractivity contribution >= 4 is 14.1 Å². The maximum atomic E-state index is 13.6. The first-order valence-electron chi connectivity index (χ1n) is 12.8. The fraction of sp³-hybridized carbons (Fsp3) is 0.690. The topological polar surface area (TPSA) is 55.8 Å². The molecule has 0 amide bonds. The number of Topliss-reactive ketones (excluding diaryl/α,β-unsaturated/α-hetero) is 1. The van der Waals surface area contributed by atoms with Crippen molar-refractivity contribution < 1.29 is 19.1 Å². The number of ether oxygens (including phenoxy) is 1. The van der Waals surface area contributed by atoms with Crippen molar-refractivity contribution in [3.63, 3.8) is 0 Å². The van der Waals surface area contributed by atoms with Gasteiger partial charge < -0.3 is 14.3 Å². The van der Waals surface area contributed by atoms with Crippen LogP contribution in [0.2, 0.25) is 18.1 Å². The quantitative estimate of drug-likeness (QED) is 0.161. The van der Waals surface area contributed by atoms with Crippen molar-refractivity contribution in [1.29, 1.82) is 0 Å². The molecule has 0 fully saturated rings. The van der Waals surface area contributed by atoms with Crippen LogP contribution in [0.15, 0.2) is 43.0 Å². The van der Waals surface area contributed by atoms with E-state index in [1.54, 1.807) is 0 Å². The van der Waals surface area contributed by atoms with Gasteiger partial charge in [0.2, 0.25) is 0 Å². The van der Waals surface area contributed by atoms with Crippen LogP contribution in [0.3, 0.4) is 0 Å². The summed E-state index contributed by atoms with van der Waals surface area (Å²) in [5.74, 6) is -0.405. The molecule has 0 aliphatic heterocycles. The molecule has 0 aliphatic carbocycles. The third-order valence-electron chi connectivity index (χ3n) is 7.63. The van der Waals surface area contributed by atoms with Gasteiger partial charge in [-0.25, -0.2) is 0 Å². The van der Waals surface area contributed by atoms with Crippen LogP contribution in [0.25, 0.3) is 0 Å². The third-order valence-corrected chi connectivity index (χ3v) is 12.1. The summed E-state index contributed by atoms with van der Waals surface area (Å²) in [4.78, 5) is 13.6. The van der Waals surface area contributed by atoms with Gasteiger partial charge in [-0.3, -0.25) is 4.79 Å². The molecule has 1 rings (SSSR count). The zero-order chi connectivity index (χ0) is 26.2. The van der Waals surface area contributed by atoms with Crippen molar-refractivity contribution in [2.45, 2.75) is 105 Å². The molecule has 0 radical (unpaired) electrons. The van der Waals surface area contributed by atoms with Gasteiger partial charge in [0, 0.05) is 17.9 Å². The van der Waals surface area contributed by atoms with Gasteiger partial charge in [-0.2, -0.15) is 0 Å². The smallest absolute Gasteiger partial charge is 0.192 e. The van der Waals surface area contributed by atoms with Crippen LogP contribution in [0.4, 0.5) is 0 Å². The van der Waals surface area contributed by atoms with E-state index < -0.39 is 25.8 Å². The summed E-state index contributed by atoms with van der Waals surface area (Å²) >= 11 is 0. The summed E-state index contributed by atoms with van der Waals surface area (Å²) in [7, 11) is -2.07. The van der Waals surface area contributed by atoms with Gasteiger partial charge >= 0.3 is 0 Å². The SMILES string of the molecule is C=CC[C@H](O[Si](C)(C)C(C)(C)C)C(C)(C)C(=O)[C@H](C)[C@@H](O)[C@@H](C)CCCOCc1ccccc1. The van der Waals surface area contributed by atoms with E-state index >= 15 is 0 Å². The average molecular weight is 491 g/mol. The monoisotopic (exact) mass is 490 g/mol. The number of hydrogen-bond donors (Lipinski definition) is 1. The number of carbonyl (C=O) groups excluding carboxylic acids is 1. The van der Waals surface area contributed by atoms with E-state index in [1.165, 1.54) is 0 Å².